The predicted molar refractivity (Wildman–Crippen MR) is 125 cm³/mol. The van der Waals surface area contributed by atoms with Crippen molar-refractivity contribution in [3.63, 3.8) is 0 Å². The Morgan fingerprint density at radius 3 is 2.76 bits per heavy atom. The molecular formula is C24H16Cl2N4O3. The fourth-order valence-corrected chi connectivity index (χ4v) is 4.05. The zero-order valence-electron chi connectivity index (χ0n) is 17.3. The van der Waals surface area contributed by atoms with Gasteiger partial charge in [-0.15, -0.1) is 0 Å². The minimum absolute atomic E-state index is 0.123. The lowest BCUT2D eigenvalue weighted by molar-refractivity contribution is 0.0995. The number of ether oxygens (including phenoxy) is 1. The van der Waals surface area contributed by atoms with E-state index in [0.717, 1.165) is 11.1 Å². The Morgan fingerprint density at radius 1 is 1.12 bits per heavy atom. The van der Waals surface area contributed by atoms with Crippen LogP contribution < -0.4 is 4.74 Å². The van der Waals surface area contributed by atoms with Crippen LogP contribution in [0.4, 0.5) is 0 Å². The summed E-state index contributed by atoms with van der Waals surface area (Å²) in [6.07, 6.45) is 3.37. The fraction of sp³-hybridized carbons (Fsp3) is 0.0833. The molecule has 2 aromatic carbocycles. The van der Waals surface area contributed by atoms with Gasteiger partial charge in [-0.25, -0.2) is 0 Å². The van der Waals surface area contributed by atoms with Crippen LogP contribution in [-0.2, 0) is 6.54 Å². The molecule has 0 atom stereocenters. The van der Waals surface area contributed by atoms with Gasteiger partial charge in [-0.3, -0.25) is 9.78 Å². The molecule has 0 fully saturated rings. The van der Waals surface area contributed by atoms with Gasteiger partial charge in [0.1, 0.15) is 11.4 Å². The Hall–Kier alpha value is -3.68. The van der Waals surface area contributed by atoms with Crippen molar-refractivity contribution in [2.24, 2.45) is 0 Å². The number of methoxy groups -OCH3 is 1. The van der Waals surface area contributed by atoms with Crippen LogP contribution in [0.3, 0.4) is 0 Å². The van der Waals surface area contributed by atoms with Crippen molar-refractivity contribution in [3.8, 4) is 17.3 Å². The van der Waals surface area contributed by atoms with Crippen LogP contribution in [0.1, 0.15) is 21.8 Å². The molecule has 0 N–H and O–H groups in total. The van der Waals surface area contributed by atoms with E-state index in [0.29, 0.717) is 39.0 Å². The molecule has 0 aliphatic heterocycles. The fourth-order valence-electron chi connectivity index (χ4n) is 3.58. The first-order valence-electron chi connectivity index (χ1n) is 9.94. The third kappa shape index (κ3) is 4.08. The number of ketones is 1. The van der Waals surface area contributed by atoms with Crippen molar-refractivity contribution in [2.45, 2.75) is 6.54 Å². The maximum absolute atomic E-state index is 13.4. The quantitative estimate of drug-likeness (QED) is 0.292. The topological polar surface area (TPSA) is 83.0 Å². The molecule has 164 valence electrons. The second-order valence-electron chi connectivity index (χ2n) is 7.26. The molecule has 0 spiro atoms. The van der Waals surface area contributed by atoms with Crippen molar-refractivity contribution < 1.29 is 14.1 Å². The molecule has 0 unspecified atom stereocenters. The van der Waals surface area contributed by atoms with Crippen molar-refractivity contribution in [1.29, 1.82) is 0 Å². The van der Waals surface area contributed by atoms with E-state index in [1.54, 1.807) is 49.8 Å². The van der Waals surface area contributed by atoms with Crippen LogP contribution in [0.25, 0.3) is 22.4 Å². The summed E-state index contributed by atoms with van der Waals surface area (Å²) in [5, 5.41) is 5.71. The van der Waals surface area contributed by atoms with Gasteiger partial charge in [-0.2, -0.15) is 4.98 Å². The summed E-state index contributed by atoms with van der Waals surface area (Å²) < 4.78 is 12.6. The molecule has 0 saturated carbocycles. The largest absolute Gasteiger partial charge is 0.497 e. The van der Waals surface area contributed by atoms with Crippen molar-refractivity contribution in [1.82, 2.24) is 19.7 Å². The molecule has 33 heavy (non-hydrogen) atoms. The Bertz CT molecular complexity index is 1480. The van der Waals surface area contributed by atoms with Gasteiger partial charge in [0.15, 0.2) is 0 Å². The summed E-state index contributed by atoms with van der Waals surface area (Å²) in [6, 6.07) is 16.2. The van der Waals surface area contributed by atoms with E-state index in [1.807, 2.05) is 28.8 Å². The monoisotopic (exact) mass is 478 g/mol. The number of hydrogen-bond acceptors (Lipinski definition) is 6. The molecule has 0 aliphatic carbocycles. The smallest absolute Gasteiger partial charge is 0.299 e. The lowest BCUT2D eigenvalue weighted by Crippen LogP contribution is -2.02. The normalized spacial score (nSPS) is 11.1. The molecule has 3 aromatic heterocycles. The number of rotatable bonds is 6. The number of benzene rings is 2. The molecule has 9 heteroatoms. The highest BCUT2D eigenvalue weighted by Crippen LogP contribution is 2.30. The predicted octanol–water partition coefficient (Wildman–Crippen LogP) is 5.68. The SMILES string of the molecule is COc1ccc2c(c1)c(C(=O)c1nc(-c3ccccn3)no1)cn2Cc1ccc(Cl)cc1Cl. The first-order valence-corrected chi connectivity index (χ1v) is 10.7. The standard InChI is InChI=1S/C24H16Cl2N4O3/c1-32-16-7-8-21-17(11-16)18(13-30(21)12-14-5-6-15(25)10-19(14)26)22(31)24-28-23(29-33-24)20-4-2-3-9-27-20/h2-11,13H,12H2,1H3. The maximum Gasteiger partial charge on any atom is 0.299 e. The van der Waals surface area contributed by atoms with Crippen molar-refractivity contribution >= 4 is 39.9 Å². The summed E-state index contributed by atoms with van der Waals surface area (Å²) in [5.74, 6) is 0.345. The van der Waals surface area contributed by atoms with E-state index in [2.05, 4.69) is 15.1 Å². The molecule has 0 radical (unpaired) electrons. The molecular weight excluding hydrogens is 463 g/mol. The summed E-state index contributed by atoms with van der Waals surface area (Å²) in [6.45, 7) is 0.440. The number of aromatic nitrogens is 4. The molecule has 0 aliphatic rings. The number of nitrogens with zero attached hydrogens (tertiary/aromatic N) is 4. The number of fused-ring (bicyclic) bond motifs is 1. The van der Waals surface area contributed by atoms with Crippen LogP contribution in [-0.4, -0.2) is 32.6 Å². The molecule has 0 bridgehead atoms. The Morgan fingerprint density at radius 2 is 2.00 bits per heavy atom. The summed E-state index contributed by atoms with van der Waals surface area (Å²) in [5.41, 5.74) is 2.62. The van der Waals surface area contributed by atoms with E-state index in [9.17, 15) is 4.79 Å². The second-order valence-corrected chi connectivity index (χ2v) is 8.10. The highest BCUT2D eigenvalue weighted by Gasteiger charge is 2.23. The Kier molecular flexibility index (Phi) is 5.58. The zero-order chi connectivity index (χ0) is 22.9. The summed E-state index contributed by atoms with van der Waals surface area (Å²) in [7, 11) is 1.57. The van der Waals surface area contributed by atoms with Gasteiger partial charge in [0, 0.05) is 39.9 Å². The lowest BCUT2D eigenvalue weighted by Gasteiger charge is -2.08. The second kappa shape index (κ2) is 8.69. The van der Waals surface area contributed by atoms with Gasteiger partial charge in [0.05, 0.1) is 12.7 Å². The van der Waals surface area contributed by atoms with Gasteiger partial charge < -0.3 is 13.8 Å². The Balaban J connectivity index is 1.57. The van der Waals surface area contributed by atoms with E-state index >= 15 is 0 Å². The van der Waals surface area contributed by atoms with Crippen LogP contribution in [0.2, 0.25) is 10.0 Å². The molecule has 3 heterocycles. The first-order chi connectivity index (χ1) is 16.0. The highest BCUT2D eigenvalue weighted by molar-refractivity contribution is 6.35. The number of pyridine rings is 1. The number of carbonyl (C=O) groups is 1. The van der Waals surface area contributed by atoms with Gasteiger partial charge in [0.25, 0.3) is 11.7 Å². The third-order valence-corrected chi connectivity index (χ3v) is 5.79. The first kappa shape index (κ1) is 21.2. The number of hydrogen-bond donors (Lipinski definition) is 0. The number of carbonyl (C=O) groups excluding carboxylic acids is 1. The Labute approximate surface area is 198 Å². The van der Waals surface area contributed by atoms with Gasteiger partial charge in [0.2, 0.25) is 5.82 Å². The maximum atomic E-state index is 13.4. The van der Waals surface area contributed by atoms with E-state index in [4.69, 9.17) is 32.5 Å². The molecule has 7 nitrogen and oxygen atoms in total. The zero-order valence-corrected chi connectivity index (χ0v) is 18.8. The van der Waals surface area contributed by atoms with Crippen molar-refractivity contribution in [3.05, 3.63) is 94.1 Å². The van der Waals surface area contributed by atoms with Gasteiger partial charge in [-0.1, -0.05) is 40.5 Å². The number of halogens is 2. The molecule has 0 saturated heterocycles. The third-order valence-electron chi connectivity index (χ3n) is 5.20. The average molecular weight is 479 g/mol. The van der Waals surface area contributed by atoms with Gasteiger partial charge in [-0.05, 0) is 48.0 Å². The summed E-state index contributed by atoms with van der Waals surface area (Å²) in [4.78, 5) is 21.8. The van der Waals surface area contributed by atoms with Crippen LogP contribution in [0, 0.1) is 0 Å². The van der Waals surface area contributed by atoms with Crippen LogP contribution in [0.15, 0.2) is 71.5 Å². The average Bonchev–Trinajstić information content (AvgIpc) is 3.46. The molecule has 5 rings (SSSR count). The lowest BCUT2D eigenvalue weighted by atomic mass is 10.1. The summed E-state index contributed by atoms with van der Waals surface area (Å²) >= 11 is 12.4. The van der Waals surface area contributed by atoms with Crippen molar-refractivity contribution in [2.75, 3.05) is 7.11 Å². The minimum Gasteiger partial charge on any atom is -0.497 e. The highest BCUT2D eigenvalue weighted by atomic mass is 35.5. The van der Waals surface area contributed by atoms with E-state index < -0.39 is 5.78 Å². The molecule has 0 amide bonds. The van der Waals surface area contributed by atoms with Crippen LogP contribution in [0.5, 0.6) is 5.75 Å². The van der Waals surface area contributed by atoms with E-state index in [1.165, 1.54) is 0 Å². The van der Waals surface area contributed by atoms with Gasteiger partial charge >= 0.3 is 0 Å². The minimum atomic E-state index is -0.399. The van der Waals surface area contributed by atoms with Crippen LogP contribution >= 0.6 is 23.2 Å². The molecule has 5 aromatic rings. The van der Waals surface area contributed by atoms with E-state index in [-0.39, 0.29) is 11.7 Å².